The normalized spacial score (nSPS) is 22.5. The Labute approximate surface area is 137 Å². The fourth-order valence-electron chi connectivity index (χ4n) is 2.57. The first-order chi connectivity index (χ1) is 10.1. The van der Waals surface area contributed by atoms with E-state index in [1.165, 1.54) is 17.0 Å². The highest BCUT2D eigenvalue weighted by Gasteiger charge is 2.41. The number of halogens is 3. The molecule has 22 heavy (non-hydrogen) atoms. The van der Waals surface area contributed by atoms with Crippen LogP contribution >= 0.6 is 15.9 Å². The minimum absolute atomic E-state index is 0.0102. The van der Waals surface area contributed by atoms with Crippen molar-refractivity contribution in [1.29, 1.82) is 0 Å². The fraction of sp³-hybridized carbons (Fsp3) is 0.562. The van der Waals surface area contributed by atoms with E-state index < -0.39 is 23.2 Å². The molecular weight excluding hydrogens is 356 g/mol. The predicted molar refractivity (Wildman–Crippen MR) is 83.9 cm³/mol. The van der Waals surface area contributed by atoms with Gasteiger partial charge in [0.15, 0.2) is 5.67 Å². The van der Waals surface area contributed by atoms with Crippen LogP contribution in [-0.2, 0) is 10.4 Å². The zero-order valence-corrected chi connectivity index (χ0v) is 14.5. The van der Waals surface area contributed by atoms with Gasteiger partial charge in [0, 0.05) is 16.6 Å². The van der Waals surface area contributed by atoms with Crippen LogP contribution in [0.1, 0.15) is 39.2 Å². The van der Waals surface area contributed by atoms with Crippen LogP contribution in [0.3, 0.4) is 0 Å². The molecule has 1 amide bonds. The van der Waals surface area contributed by atoms with Crippen LogP contribution < -0.4 is 0 Å². The zero-order chi connectivity index (χ0) is 16.5. The number of rotatable bonds is 1. The smallest absolute Gasteiger partial charge is 0.410 e. The average molecular weight is 376 g/mol. The molecule has 1 aromatic rings. The summed E-state index contributed by atoms with van der Waals surface area (Å²) in [7, 11) is 0. The van der Waals surface area contributed by atoms with Crippen LogP contribution in [0, 0.1) is 5.82 Å². The first-order valence-electron chi connectivity index (χ1n) is 7.23. The lowest BCUT2D eigenvalue weighted by molar-refractivity contribution is -0.00759. The molecule has 0 bridgehead atoms. The Kier molecular flexibility index (Phi) is 4.80. The molecule has 1 heterocycles. The van der Waals surface area contributed by atoms with Gasteiger partial charge in [-0.3, -0.25) is 0 Å². The molecule has 1 aliphatic rings. The number of ether oxygens (including phenoxy) is 1. The van der Waals surface area contributed by atoms with Gasteiger partial charge in [0.05, 0.1) is 6.54 Å². The summed E-state index contributed by atoms with van der Waals surface area (Å²) < 4.78 is 35.1. The minimum Gasteiger partial charge on any atom is -0.444 e. The van der Waals surface area contributed by atoms with Gasteiger partial charge in [-0.05, 0) is 45.7 Å². The molecule has 1 aromatic carbocycles. The Morgan fingerprint density at radius 3 is 2.68 bits per heavy atom. The first-order valence-corrected chi connectivity index (χ1v) is 8.02. The number of piperidine rings is 1. The highest BCUT2D eigenvalue weighted by molar-refractivity contribution is 9.10. The molecule has 1 aliphatic heterocycles. The molecule has 1 atom stereocenters. The van der Waals surface area contributed by atoms with E-state index in [0.29, 0.717) is 17.4 Å². The van der Waals surface area contributed by atoms with Gasteiger partial charge in [-0.1, -0.05) is 22.0 Å². The second-order valence-electron chi connectivity index (χ2n) is 6.59. The summed E-state index contributed by atoms with van der Waals surface area (Å²) in [5, 5.41) is 0. The van der Waals surface area contributed by atoms with E-state index >= 15 is 4.39 Å². The Balaban J connectivity index is 2.20. The first kappa shape index (κ1) is 17.2. The van der Waals surface area contributed by atoms with E-state index in [1.807, 2.05) is 0 Å². The minimum atomic E-state index is -1.89. The van der Waals surface area contributed by atoms with Gasteiger partial charge < -0.3 is 9.64 Å². The third-order valence-electron chi connectivity index (χ3n) is 3.51. The van der Waals surface area contributed by atoms with Crippen LogP contribution in [0.25, 0.3) is 0 Å². The summed E-state index contributed by atoms with van der Waals surface area (Å²) in [6.45, 7) is 5.49. The molecule has 0 radical (unpaired) electrons. The van der Waals surface area contributed by atoms with Crippen molar-refractivity contribution >= 4 is 22.0 Å². The molecule has 1 fully saturated rings. The number of alkyl halides is 1. The van der Waals surface area contributed by atoms with E-state index in [4.69, 9.17) is 4.74 Å². The van der Waals surface area contributed by atoms with Crippen LogP contribution in [-0.4, -0.2) is 29.7 Å². The lowest BCUT2D eigenvalue weighted by atomic mass is 9.87. The van der Waals surface area contributed by atoms with Crippen molar-refractivity contribution < 1.29 is 18.3 Å². The van der Waals surface area contributed by atoms with E-state index in [-0.39, 0.29) is 18.5 Å². The Bertz CT molecular complexity index is 574. The second kappa shape index (κ2) is 6.14. The molecular formula is C16H20BrF2NO2. The number of carbonyl (C=O) groups is 1. The molecule has 0 aromatic heterocycles. The molecule has 0 N–H and O–H groups in total. The molecule has 0 spiro atoms. The van der Waals surface area contributed by atoms with Crippen molar-refractivity contribution in [2.24, 2.45) is 0 Å². The van der Waals surface area contributed by atoms with Gasteiger partial charge in [-0.15, -0.1) is 0 Å². The third kappa shape index (κ3) is 3.97. The van der Waals surface area contributed by atoms with Crippen molar-refractivity contribution in [1.82, 2.24) is 4.90 Å². The summed E-state index contributed by atoms with van der Waals surface area (Å²) in [6.07, 6.45) is 0.0857. The topological polar surface area (TPSA) is 29.5 Å². The molecule has 0 saturated carbocycles. The van der Waals surface area contributed by atoms with Gasteiger partial charge in [0.25, 0.3) is 0 Å². The summed E-state index contributed by atoms with van der Waals surface area (Å²) >= 11 is 3.16. The lowest BCUT2D eigenvalue weighted by Crippen LogP contribution is -2.48. The van der Waals surface area contributed by atoms with Gasteiger partial charge >= 0.3 is 6.09 Å². The Morgan fingerprint density at radius 2 is 2.09 bits per heavy atom. The van der Waals surface area contributed by atoms with Crippen molar-refractivity contribution in [3.05, 3.63) is 34.1 Å². The largest absolute Gasteiger partial charge is 0.444 e. The van der Waals surface area contributed by atoms with E-state index in [9.17, 15) is 9.18 Å². The fourth-order valence-corrected chi connectivity index (χ4v) is 2.90. The summed E-state index contributed by atoms with van der Waals surface area (Å²) in [5.74, 6) is -0.608. The van der Waals surface area contributed by atoms with Gasteiger partial charge in [0.1, 0.15) is 11.4 Å². The van der Waals surface area contributed by atoms with Crippen molar-refractivity contribution in [2.45, 2.75) is 44.9 Å². The molecule has 122 valence electrons. The molecule has 2 rings (SSSR count). The monoisotopic (exact) mass is 375 g/mol. The molecule has 1 saturated heterocycles. The number of nitrogens with zero attached hydrogens (tertiary/aromatic N) is 1. The lowest BCUT2D eigenvalue weighted by Gasteiger charge is -2.38. The number of likely N-dealkylation sites (tertiary alicyclic amines) is 1. The summed E-state index contributed by atoms with van der Waals surface area (Å²) in [6, 6.07) is 4.27. The van der Waals surface area contributed by atoms with Gasteiger partial charge in [-0.2, -0.15) is 0 Å². The Hall–Kier alpha value is -1.17. The average Bonchev–Trinajstić information content (AvgIpc) is 2.36. The van der Waals surface area contributed by atoms with Crippen LogP contribution in [0.2, 0.25) is 0 Å². The molecule has 6 heteroatoms. The molecule has 0 aliphatic carbocycles. The van der Waals surface area contributed by atoms with E-state index in [2.05, 4.69) is 15.9 Å². The van der Waals surface area contributed by atoms with Crippen LogP contribution in [0.4, 0.5) is 13.6 Å². The maximum Gasteiger partial charge on any atom is 0.410 e. The summed E-state index contributed by atoms with van der Waals surface area (Å²) in [5.41, 5.74) is -2.54. The number of amides is 1. The van der Waals surface area contributed by atoms with Crippen LogP contribution in [0.15, 0.2) is 22.7 Å². The number of carbonyl (C=O) groups excluding carboxylic acids is 1. The molecule has 3 nitrogen and oxygen atoms in total. The quantitative estimate of drug-likeness (QED) is 0.706. The number of hydrogen-bond acceptors (Lipinski definition) is 2. The third-order valence-corrected chi connectivity index (χ3v) is 4.00. The summed E-state index contributed by atoms with van der Waals surface area (Å²) in [4.78, 5) is 13.4. The van der Waals surface area contributed by atoms with Gasteiger partial charge in [0.2, 0.25) is 0 Å². The van der Waals surface area contributed by atoms with E-state index in [1.54, 1.807) is 26.8 Å². The standard InChI is InChI=1S/C16H20BrF2NO2/c1-15(2,3)22-14(21)20-8-4-7-16(19,10-20)12-6-5-11(17)9-13(12)18/h5-6,9H,4,7-8,10H2,1-3H3. The number of hydrogen-bond donors (Lipinski definition) is 0. The second-order valence-corrected chi connectivity index (χ2v) is 7.51. The van der Waals surface area contributed by atoms with Crippen molar-refractivity contribution in [3.8, 4) is 0 Å². The highest BCUT2D eigenvalue weighted by atomic mass is 79.9. The maximum atomic E-state index is 15.2. The maximum absolute atomic E-state index is 15.2. The number of benzene rings is 1. The van der Waals surface area contributed by atoms with E-state index in [0.717, 1.165) is 0 Å². The van der Waals surface area contributed by atoms with Crippen molar-refractivity contribution in [2.75, 3.05) is 13.1 Å². The molecule has 1 unspecified atom stereocenters. The zero-order valence-electron chi connectivity index (χ0n) is 13.0. The Morgan fingerprint density at radius 1 is 1.41 bits per heavy atom. The van der Waals surface area contributed by atoms with Crippen LogP contribution in [0.5, 0.6) is 0 Å². The van der Waals surface area contributed by atoms with Crippen molar-refractivity contribution in [3.63, 3.8) is 0 Å². The van der Waals surface area contributed by atoms with Gasteiger partial charge in [-0.25, -0.2) is 13.6 Å². The SMILES string of the molecule is CC(C)(C)OC(=O)N1CCCC(F)(c2ccc(Br)cc2F)C1. The highest BCUT2D eigenvalue weighted by Crippen LogP contribution is 2.38. The predicted octanol–water partition coefficient (Wildman–Crippen LogP) is 4.78.